The summed E-state index contributed by atoms with van der Waals surface area (Å²) in [6.45, 7) is 4.32. The van der Waals surface area contributed by atoms with Gasteiger partial charge in [0.05, 0.1) is 0 Å². The molecule has 0 spiro atoms. The van der Waals surface area contributed by atoms with E-state index in [1.54, 1.807) is 31.5 Å². The van der Waals surface area contributed by atoms with Gasteiger partial charge in [-0.25, -0.2) is 4.79 Å². The number of carbonyl (C=O) groups excluding carboxylic acids is 2. The van der Waals surface area contributed by atoms with E-state index in [-0.39, 0.29) is 48.4 Å². The zero-order valence-corrected chi connectivity index (χ0v) is 19.4. The topological polar surface area (TPSA) is 72.0 Å². The van der Waals surface area contributed by atoms with Gasteiger partial charge < -0.3 is 26.8 Å². The number of rotatable bonds is 6. The summed E-state index contributed by atoms with van der Waals surface area (Å²) in [6.07, 6.45) is 2.70. The zero-order valence-electron chi connectivity index (χ0n) is 16.7. The van der Waals surface area contributed by atoms with Crippen molar-refractivity contribution in [3.63, 3.8) is 0 Å². The van der Waals surface area contributed by atoms with Crippen molar-refractivity contribution in [2.24, 2.45) is 0 Å². The maximum Gasteiger partial charge on any atom is 1.00 e. The second-order valence-corrected chi connectivity index (χ2v) is 6.16. The van der Waals surface area contributed by atoms with E-state index in [1.807, 2.05) is 35.2 Å². The van der Waals surface area contributed by atoms with Crippen LogP contribution in [-0.2, 0) is 14.3 Å². The summed E-state index contributed by atoms with van der Waals surface area (Å²) in [6, 6.07) is 13.0. The standard InChI is InChI=1S/C20H23N3O4.ClH.Na/c1-2-18(24)27-20(25)19(26-17-6-4-3-5-7-17)23-14-12-22(13-15-23)16-8-10-21-11-9-16;;/h3-11,19H,2,12-15H2,1H3;1H;/q;;+1/p-1. The number of hydrogen-bond donors (Lipinski definition) is 0. The van der Waals surface area contributed by atoms with E-state index in [0.29, 0.717) is 18.8 Å². The summed E-state index contributed by atoms with van der Waals surface area (Å²) in [4.78, 5) is 32.3. The van der Waals surface area contributed by atoms with Crippen molar-refractivity contribution in [3.8, 4) is 5.75 Å². The average Bonchev–Trinajstić information content (AvgIpc) is 2.73. The summed E-state index contributed by atoms with van der Waals surface area (Å²) in [5, 5.41) is 0. The Morgan fingerprint density at radius 2 is 1.66 bits per heavy atom. The maximum atomic E-state index is 12.5. The van der Waals surface area contributed by atoms with Crippen LogP contribution in [-0.4, -0.2) is 54.2 Å². The Morgan fingerprint density at radius 3 is 2.24 bits per heavy atom. The van der Waals surface area contributed by atoms with E-state index in [2.05, 4.69) is 9.88 Å². The van der Waals surface area contributed by atoms with Crippen LogP contribution in [0.2, 0.25) is 0 Å². The van der Waals surface area contributed by atoms with Gasteiger partial charge in [0.2, 0.25) is 0 Å². The van der Waals surface area contributed by atoms with E-state index >= 15 is 0 Å². The third-order valence-electron chi connectivity index (χ3n) is 4.37. The van der Waals surface area contributed by atoms with Gasteiger partial charge >= 0.3 is 41.5 Å². The Hall–Kier alpha value is -1.64. The first-order valence-electron chi connectivity index (χ1n) is 9.02. The Balaban J connectivity index is 0.00000210. The van der Waals surface area contributed by atoms with E-state index in [1.165, 1.54) is 0 Å². The monoisotopic (exact) mass is 427 g/mol. The third-order valence-corrected chi connectivity index (χ3v) is 4.37. The molecule has 7 nitrogen and oxygen atoms in total. The molecule has 1 aliphatic rings. The quantitative estimate of drug-likeness (QED) is 0.265. The van der Waals surface area contributed by atoms with E-state index in [0.717, 1.165) is 18.8 Å². The molecule has 29 heavy (non-hydrogen) atoms. The number of benzene rings is 1. The number of hydrogen-bond acceptors (Lipinski definition) is 7. The summed E-state index contributed by atoms with van der Waals surface area (Å²) < 4.78 is 10.8. The molecule has 0 bridgehead atoms. The fourth-order valence-corrected chi connectivity index (χ4v) is 2.90. The van der Waals surface area contributed by atoms with Crippen molar-refractivity contribution in [2.75, 3.05) is 31.1 Å². The molecule has 1 fully saturated rings. The van der Waals surface area contributed by atoms with Gasteiger partial charge in [0.1, 0.15) is 5.75 Å². The molecule has 150 valence electrons. The van der Waals surface area contributed by atoms with Gasteiger partial charge in [-0.2, -0.15) is 0 Å². The van der Waals surface area contributed by atoms with Gasteiger partial charge in [-0.05, 0) is 24.3 Å². The number of nitrogens with zero attached hydrogens (tertiary/aromatic N) is 3. The van der Waals surface area contributed by atoms with Crippen LogP contribution >= 0.6 is 0 Å². The third kappa shape index (κ3) is 7.28. The number of anilines is 1. The molecule has 2 heterocycles. The Morgan fingerprint density at radius 1 is 1.03 bits per heavy atom. The van der Waals surface area contributed by atoms with Crippen LogP contribution in [0.5, 0.6) is 5.75 Å². The van der Waals surface area contributed by atoms with Crippen molar-refractivity contribution < 1.29 is 61.0 Å². The van der Waals surface area contributed by atoms with Gasteiger partial charge in [0, 0.05) is 50.7 Å². The number of carbonyl (C=O) groups is 2. The fourth-order valence-electron chi connectivity index (χ4n) is 2.90. The number of para-hydroxylation sites is 1. The molecule has 0 radical (unpaired) electrons. The molecule has 0 saturated carbocycles. The molecule has 1 aromatic heterocycles. The molecule has 2 aromatic rings. The molecule has 1 saturated heterocycles. The first kappa shape index (κ1) is 25.4. The second-order valence-electron chi connectivity index (χ2n) is 6.16. The van der Waals surface area contributed by atoms with E-state index < -0.39 is 18.2 Å². The van der Waals surface area contributed by atoms with Crippen molar-refractivity contribution in [2.45, 2.75) is 19.6 Å². The van der Waals surface area contributed by atoms with Crippen LogP contribution in [0.4, 0.5) is 5.69 Å². The summed E-state index contributed by atoms with van der Waals surface area (Å²) in [5.74, 6) is -0.680. The number of aromatic nitrogens is 1. The summed E-state index contributed by atoms with van der Waals surface area (Å²) in [5.41, 5.74) is 1.09. The zero-order chi connectivity index (χ0) is 19.1. The molecule has 1 aliphatic heterocycles. The molecular weight excluding hydrogens is 405 g/mol. The van der Waals surface area contributed by atoms with Crippen molar-refractivity contribution in [1.82, 2.24) is 9.88 Å². The molecule has 1 aromatic carbocycles. The van der Waals surface area contributed by atoms with Crippen LogP contribution < -0.4 is 51.6 Å². The number of ether oxygens (including phenoxy) is 2. The number of pyridine rings is 1. The molecular formula is C20H23ClN3NaO4. The molecule has 9 heteroatoms. The second kappa shape index (κ2) is 12.8. The van der Waals surface area contributed by atoms with Gasteiger partial charge in [-0.3, -0.25) is 14.7 Å². The fraction of sp³-hybridized carbons (Fsp3) is 0.350. The minimum atomic E-state index is -0.956. The van der Waals surface area contributed by atoms with Gasteiger partial charge in [0.15, 0.2) is 0 Å². The van der Waals surface area contributed by atoms with Crippen LogP contribution in [0.1, 0.15) is 13.3 Å². The van der Waals surface area contributed by atoms with Crippen molar-refractivity contribution in [3.05, 3.63) is 54.9 Å². The van der Waals surface area contributed by atoms with Crippen molar-refractivity contribution in [1.29, 1.82) is 0 Å². The number of halogens is 1. The minimum absolute atomic E-state index is 0. The SMILES string of the molecule is CCC(=O)OC(=O)C(Oc1ccccc1)N1CCN(c2ccncc2)CC1.[Cl-].[Na+]. The molecule has 1 unspecified atom stereocenters. The van der Waals surface area contributed by atoms with Gasteiger partial charge in [0.25, 0.3) is 6.23 Å². The Bertz CT molecular complexity index is 759. The average molecular weight is 428 g/mol. The maximum absolute atomic E-state index is 12.5. The smallest absolute Gasteiger partial charge is 1.00 e. The van der Waals surface area contributed by atoms with Crippen molar-refractivity contribution >= 4 is 17.6 Å². The van der Waals surface area contributed by atoms with Crippen LogP contribution in [0, 0.1) is 0 Å². The number of esters is 2. The van der Waals surface area contributed by atoms with Gasteiger partial charge in [-0.15, -0.1) is 0 Å². The first-order valence-corrected chi connectivity index (χ1v) is 9.02. The molecule has 0 aliphatic carbocycles. The van der Waals surface area contributed by atoms with E-state index in [9.17, 15) is 9.59 Å². The predicted molar refractivity (Wildman–Crippen MR) is 100 cm³/mol. The molecule has 0 amide bonds. The van der Waals surface area contributed by atoms with E-state index in [4.69, 9.17) is 9.47 Å². The number of piperazine rings is 1. The molecule has 0 N–H and O–H groups in total. The first-order chi connectivity index (χ1) is 13.2. The predicted octanol–water partition coefficient (Wildman–Crippen LogP) is -3.90. The summed E-state index contributed by atoms with van der Waals surface area (Å²) >= 11 is 0. The molecule has 3 rings (SSSR count). The largest absolute Gasteiger partial charge is 1.00 e. The van der Waals surface area contributed by atoms with Crippen LogP contribution in [0.3, 0.4) is 0 Å². The summed E-state index contributed by atoms with van der Waals surface area (Å²) in [7, 11) is 0. The Kier molecular flexibility index (Phi) is 11.2. The normalized spacial score (nSPS) is 14.7. The van der Waals surface area contributed by atoms with Crippen LogP contribution in [0.25, 0.3) is 0 Å². The van der Waals surface area contributed by atoms with Gasteiger partial charge in [-0.1, -0.05) is 25.1 Å². The Labute approximate surface area is 199 Å². The minimum Gasteiger partial charge on any atom is -1.00 e. The van der Waals surface area contributed by atoms with Crippen LogP contribution in [0.15, 0.2) is 54.9 Å². The molecule has 1 atom stereocenters.